The fourth-order valence-corrected chi connectivity index (χ4v) is 10.9. The number of hydrogen-bond acceptors (Lipinski definition) is 5. The molecule has 5 rings (SSSR count). The van der Waals surface area contributed by atoms with Crippen LogP contribution in [0.15, 0.2) is 36.0 Å². The molecule has 0 radical (unpaired) electrons. The third kappa shape index (κ3) is 5.51. The zero-order valence-corrected chi connectivity index (χ0v) is 30.6. The minimum absolute atomic E-state index is 0.0124. The molecule has 2 saturated carbocycles. The maximum Gasteiger partial charge on any atom is 0.315 e. The second-order valence-corrected chi connectivity index (χ2v) is 15.8. The van der Waals surface area contributed by atoms with Crippen molar-refractivity contribution in [3.8, 4) is 0 Å². The fourth-order valence-electron chi connectivity index (χ4n) is 10.9. The molecule has 1 aromatic rings. The van der Waals surface area contributed by atoms with Crippen molar-refractivity contribution in [1.29, 1.82) is 0 Å². The molecule has 258 valence electrons. The third-order valence-corrected chi connectivity index (χ3v) is 13.2. The van der Waals surface area contributed by atoms with Gasteiger partial charge >= 0.3 is 5.97 Å². The highest BCUT2D eigenvalue weighted by Gasteiger charge is 2.91. The third-order valence-electron chi connectivity index (χ3n) is 13.2. The van der Waals surface area contributed by atoms with E-state index >= 15 is 0 Å². The first-order valence-corrected chi connectivity index (χ1v) is 18.5. The number of pyridine rings is 1. The van der Waals surface area contributed by atoms with E-state index in [1.54, 1.807) is 0 Å². The second kappa shape index (κ2) is 14.2. The van der Waals surface area contributed by atoms with Crippen molar-refractivity contribution in [3.63, 3.8) is 0 Å². The molecule has 1 saturated heterocycles. The lowest BCUT2D eigenvalue weighted by Gasteiger charge is -2.49. The number of carbonyl (C=O) groups is 2. The first-order valence-electron chi connectivity index (χ1n) is 18.5. The zero-order chi connectivity index (χ0) is 34.1. The molecule has 46 heavy (non-hydrogen) atoms. The Morgan fingerprint density at radius 1 is 1.15 bits per heavy atom. The summed E-state index contributed by atoms with van der Waals surface area (Å²) >= 11 is 0. The van der Waals surface area contributed by atoms with Crippen LogP contribution in [0.25, 0.3) is 0 Å². The lowest BCUT2D eigenvalue weighted by Crippen LogP contribution is -2.55. The number of fused-ring (bicyclic) bond motifs is 1. The van der Waals surface area contributed by atoms with Crippen LogP contribution in [-0.4, -0.2) is 53.0 Å². The average molecular weight is 637 g/mol. The van der Waals surface area contributed by atoms with Crippen molar-refractivity contribution in [3.05, 3.63) is 41.7 Å². The average Bonchev–Trinajstić information content (AvgIpc) is 3.28. The Kier molecular flexibility index (Phi) is 11.4. The number of carbonyl (C=O) groups excluding carboxylic acids is 1. The van der Waals surface area contributed by atoms with Gasteiger partial charge in [0, 0.05) is 35.5 Å². The minimum atomic E-state index is -1.22. The van der Waals surface area contributed by atoms with Gasteiger partial charge < -0.3 is 14.6 Å². The molecule has 10 unspecified atom stereocenters. The number of rotatable bonds is 14. The fraction of sp³-hybridized carbons (Fsp3) is 0.775. The molecule has 6 heteroatoms. The van der Waals surface area contributed by atoms with Crippen molar-refractivity contribution in [2.45, 2.75) is 132 Å². The predicted molar refractivity (Wildman–Crippen MR) is 186 cm³/mol. The summed E-state index contributed by atoms with van der Waals surface area (Å²) in [7, 11) is 2.16. The van der Waals surface area contributed by atoms with Gasteiger partial charge in [-0.2, -0.15) is 0 Å². The summed E-state index contributed by atoms with van der Waals surface area (Å²) in [6.45, 7) is 20.8. The first-order chi connectivity index (χ1) is 21.9. The number of unbranched alkanes of at least 4 members (excludes halogenated alkanes) is 2. The monoisotopic (exact) mass is 636 g/mol. The molecule has 6 nitrogen and oxygen atoms in total. The summed E-state index contributed by atoms with van der Waals surface area (Å²) in [4.78, 5) is 34.1. The molecular formula is C40H64N2O4. The molecule has 3 aliphatic carbocycles. The molecule has 0 bridgehead atoms. The van der Waals surface area contributed by atoms with Crippen molar-refractivity contribution >= 4 is 12.3 Å². The van der Waals surface area contributed by atoms with E-state index < -0.39 is 22.2 Å². The van der Waals surface area contributed by atoms with Crippen molar-refractivity contribution < 1.29 is 19.4 Å². The molecule has 10 atom stereocenters. The zero-order valence-electron chi connectivity index (χ0n) is 30.6. The predicted octanol–water partition coefficient (Wildman–Crippen LogP) is 8.84. The molecular weight excluding hydrogens is 572 g/mol. The Labute approximate surface area is 280 Å². The largest absolute Gasteiger partial charge is 0.481 e. The molecule has 4 aliphatic rings. The molecule has 2 heterocycles. The Balaban J connectivity index is 0.00000235. The molecule has 0 aromatic carbocycles. The number of aliphatic carboxylic acids is 1. The number of allylic oxidation sites excluding steroid dienone is 1. The van der Waals surface area contributed by atoms with Crippen LogP contribution in [0.2, 0.25) is 0 Å². The van der Waals surface area contributed by atoms with E-state index in [2.05, 4.69) is 70.6 Å². The van der Waals surface area contributed by atoms with Gasteiger partial charge in [0.25, 0.3) is 0 Å². The van der Waals surface area contributed by atoms with Gasteiger partial charge in [-0.1, -0.05) is 106 Å². The highest BCUT2D eigenvalue weighted by atomic mass is 16.5. The maximum absolute atomic E-state index is 13.9. The van der Waals surface area contributed by atoms with E-state index in [4.69, 9.17) is 4.74 Å². The van der Waals surface area contributed by atoms with E-state index in [1.165, 1.54) is 19.3 Å². The van der Waals surface area contributed by atoms with Gasteiger partial charge in [0.2, 0.25) is 0 Å². The molecule has 1 aliphatic heterocycles. The van der Waals surface area contributed by atoms with Gasteiger partial charge in [-0.3, -0.25) is 14.7 Å². The summed E-state index contributed by atoms with van der Waals surface area (Å²) in [5.41, 5.74) is -1.02. The summed E-state index contributed by atoms with van der Waals surface area (Å²) in [6, 6.07) is 6.07. The Hall–Kier alpha value is -2.05. The number of aromatic nitrogens is 1. The van der Waals surface area contributed by atoms with E-state index in [-0.39, 0.29) is 35.4 Å². The SMILES string of the molecule is CC.CCCCCC1CC(C23CC(C(C)CC)CC(C)(C=O)C4(C(=O)O)C(C(C)C)=CC2C34C)OC1CN(C)Cc1ccccn1. The summed E-state index contributed by atoms with van der Waals surface area (Å²) in [6.07, 6.45) is 13.6. The van der Waals surface area contributed by atoms with Crippen LogP contribution < -0.4 is 0 Å². The number of aldehydes is 1. The molecule has 3 fully saturated rings. The Bertz CT molecular complexity index is 1230. The van der Waals surface area contributed by atoms with Crippen molar-refractivity contribution in [1.82, 2.24) is 9.88 Å². The van der Waals surface area contributed by atoms with Crippen LogP contribution >= 0.6 is 0 Å². The Morgan fingerprint density at radius 2 is 1.87 bits per heavy atom. The number of hydrogen-bond donors (Lipinski definition) is 1. The number of carboxylic acid groups (broad SMARTS) is 1. The van der Waals surface area contributed by atoms with Crippen molar-refractivity contribution in [2.75, 3.05) is 13.6 Å². The van der Waals surface area contributed by atoms with E-state index in [9.17, 15) is 14.7 Å². The number of ether oxygens (including phenoxy) is 1. The highest BCUT2D eigenvalue weighted by Crippen LogP contribution is 2.90. The Morgan fingerprint density at radius 3 is 2.43 bits per heavy atom. The van der Waals surface area contributed by atoms with Gasteiger partial charge in [0.15, 0.2) is 0 Å². The van der Waals surface area contributed by atoms with Crippen LogP contribution in [0, 0.1) is 51.2 Å². The van der Waals surface area contributed by atoms with Crippen LogP contribution in [0.1, 0.15) is 119 Å². The maximum atomic E-state index is 13.9. The topological polar surface area (TPSA) is 79.7 Å². The standard InChI is InChI=1S/C38H58N2O4.C2H6/c1-9-11-12-15-27-18-33(44-31(27)23-40(8)22-29-16-13-14-17-39-29)37-21-28(26(5)10-2)20-35(6,24-41)38(34(42)43)30(25(3)4)19-32(37)36(37,38)7;1-2/h13-14,16-17,19,24-28,31-33H,9-12,15,18,20-23H2,1-8H3,(H,42,43);1-2H3. The van der Waals surface area contributed by atoms with Gasteiger partial charge in [-0.15, -0.1) is 0 Å². The van der Waals surface area contributed by atoms with E-state index in [1.807, 2.05) is 39.1 Å². The van der Waals surface area contributed by atoms with Gasteiger partial charge in [0.1, 0.15) is 11.7 Å². The molecule has 1 N–H and O–H groups in total. The van der Waals surface area contributed by atoms with Gasteiger partial charge in [-0.25, -0.2) is 0 Å². The van der Waals surface area contributed by atoms with Crippen LogP contribution in [-0.2, 0) is 20.9 Å². The van der Waals surface area contributed by atoms with Crippen molar-refractivity contribution in [2.24, 2.45) is 51.2 Å². The second-order valence-electron chi connectivity index (χ2n) is 15.8. The smallest absolute Gasteiger partial charge is 0.315 e. The normalized spacial score (nSPS) is 38.4. The van der Waals surface area contributed by atoms with E-state index in [0.717, 1.165) is 56.3 Å². The molecule has 0 amide bonds. The van der Waals surface area contributed by atoms with Crippen LogP contribution in [0.3, 0.4) is 0 Å². The van der Waals surface area contributed by atoms with Crippen LogP contribution in [0.5, 0.6) is 0 Å². The van der Waals surface area contributed by atoms with Crippen LogP contribution in [0.4, 0.5) is 0 Å². The highest BCUT2D eigenvalue weighted by molar-refractivity contribution is 5.90. The lowest BCUT2D eigenvalue weighted by atomic mass is 9.51. The molecule has 0 spiro atoms. The van der Waals surface area contributed by atoms with Gasteiger partial charge in [-0.05, 0) is 74.5 Å². The number of nitrogens with zero attached hydrogens (tertiary/aromatic N) is 2. The summed E-state index contributed by atoms with van der Waals surface area (Å²) in [5, 5.41) is 11.4. The first kappa shape index (κ1) is 36.8. The minimum Gasteiger partial charge on any atom is -0.481 e. The summed E-state index contributed by atoms with van der Waals surface area (Å²) in [5.74, 6) is 0.478. The number of carboxylic acids is 1. The quantitative estimate of drug-likeness (QED) is 0.125. The number of likely N-dealkylation sites (N-methyl/N-ethyl adjacent to an activating group) is 1. The van der Waals surface area contributed by atoms with Gasteiger partial charge in [0.05, 0.1) is 17.9 Å². The summed E-state index contributed by atoms with van der Waals surface area (Å²) < 4.78 is 7.28. The van der Waals surface area contributed by atoms with E-state index in [0.29, 0.717) is 18.3 Å². The lowest BCUT2D eigenvalue weighted by molar-refractivity contribution is -0.166. The molecule has 1 aromatic heterocycles.